The van der Waals surface area contributed by atoms with E-state index in [1.165, 1.54) is 0 Å². The van der Waals surface area contributed by atoms with Gasteiger partial charge in [0.2, 0.25) is 11.8 Å². The first-order valence-corrected chi connectivity index (χ1v) is 8.63. The molecule has 0 bridgehead atoms. The minimum Gasteiger partial charge on any atom is -0.344 e. The Morgan fingerprint density at radius 1 is 1.17 bits per heavy atom. The van der Waals surface area contributed by atoms with E-state index in [1.807, 2.05) is 32.6 Å². The summed E-state index contributed by atoms with van der Waals surface area (Å²) < 4.78 is 0. The van der Waals surface area contributed by atoms with E-state index < -0.39 is 6.04 Å². The second-order valence-electron chi connectivity index (χ2n) is 7.80. The van der Waals surface area contributed by atoms with Crippen LogP contribution in [0.4, 0.5) is 0 Å². The van der Waals surface area contributed by atoms with E-state index in [9.17, 15) is 9.59 Å². The molecule has 0 aromatic carbocycles. The summed E-state index contributed by atoms with van der Waals surface area (Å²) >= 11 is 0. The molecule has 0 aromatic rings. The Morgan fingerprint density at radius 3 is 2.35 bits per heavy atom. The van der Waals surface area contributed by atoms with Crippen molar-refractivity contribution in [2.45, 2.75) is 59.0 Å². The zero-order valence-electron chi connectivity index (χ0n) is 14.7. The number of hydrogen-bond acceptors (Lipinski definition) is 3. The van der Waals surface area contributed by atoms with Gasteiger partial charge in [-0.1, -0.05) is 27.7 Å². The maximum atomic E-state index is 12.8. The minimum absolute atomic E-state index is 0. The number of halogens is 1. The molecule has 2 amide bonds. The average Bonchev–Trinajstić information content (AvgIpc) is 2.97. The Bertz CT molecular complexity index is 428. The van der Waals surface area contributed by atoms with Crippen molar-refractivity contribution in [1.82, 2.24) is 10.2 Å². The zero-order valence-corrected chi connectivity index (χ0v) is 15.6. The van der Waals surface area contributed by atoms with Crippen LogP contribution in [0.3, 0.4) is 0 Å². The second-order valence-corrected chi connectivity index (χ2v) is 7.80. The van der Waals surface area contributed by atoms with Crippen molar-refractivity contribution in [2.24, 2.45) is 29.4 Å². The van der Waals surface area contributed by atoms with Gasteiger partial charge in [-0.15, -0.1) is 12.4 Å². The Morgan fingerprint density at radius 2 is 1.83 bits per heavy atom. The molecule has 1 aliphatic heterocycles. The molecule has 2 rings (SSSR count). The average molecular weight is 346 g/mol. The molecule has 0 radical (unpaired) electrons. The number of fused-ring (bicyclic) bond motifs is 1. The molecule has 1 saturated carbocycles. The third-order valence-corrected chi connectivity index (χ3v) is 5.07. The predicted molar refractivity (Wildman–Crippen MR) is 94.2 cm³/mol. The molecule has 134 valence electrons. The number of rotatable bonds is 5. The number of carbonyl (C=O) groups is 2. The third-order valence-electron chi connectivity index (χ3n) is 5.07. The summed E-state index contributed by atoms with van der Waals surface area (Å²) in [5.41, 5.74) is 6.15. The lowest BCUT2D eigenvalue weighted by Crippen LogP contribution is -2.51. The SMILES string of the molecule is CC(C)CC(=O)NC(C(=O)N1CC2CCC(N)C2C1)C(C)C.Cl. The first-order chi connectivity index (χ1) is 10.3. The molecule has 1 saturated heterocycles. The highest BCUT2D eigenvalue weighted by Crippen LogP contribution is 2.37. The second kappa shape index (κ2) is 8.34. The van der Waals surface area contributed by atoms with Crippen LogP contribution in [0.5, 0.6) is 0 Å². The van der Waals surface area contributed by atoms with Crippen molar-refractivity contribution in [3.8, 4) is 0 Å². The van der Waals surface area contributed by atoms with Gasteiger partial charge in [-0.3, -0.25) is 9.59 Å². The molecular formula is C17H32ClN3O2. The molecule has 0 aromatic heterocycles. The van der Waals surface area contributed by atoms with Crippen LogP contribution in [-0.2, 0) is 9.59 Å². The molecule has 3 N–H and O–H groups in total. The van der Waals surface area contributed by atoms with Crippen LogP contribution in [0.1, 0.15) is 47.0 Å². The number of nitrogens with zero attached hydrogens (tertiary/aromatic N) is 1. The van der Waals surface area contributed by atoms with Crippen LogP contribution < -0.4 is 11.1 Å². The molecule has 1 heterocycles. The van der Waals surface area contributed by atoms with Crippen molar-refractivity contribution < 1.29 is 9.59 Å². The van der Waals surface area contributed by atoms with Crippen LogP contribution in [0.25, 0.3) is 0 Å². The van der Waals surface area contributed by atoms with Gasteiger partial charge in [0.05, 0.1) is 0 Å². The molecule has 0 spiro atoms. The van der Waals surface area contributed by atoms with Crippen molar-refractivity contribution >= 4 is 24.2 Å². The zero-order chi connectivity index (χ0) is 16.4. The van der Waals surface area contributed by atoms with Crippen molar-refractivity contribution in [1.29, 1.82) is 0 Å². The van der Waals surface area contributed by atoms with E-state index in [-0.39, 0.29) is 36.2 Å². The number of amides is 2. The summed E-state index contributed by atoms with van der Waals surface area (Å²) in [4.78, 5) is 26.8. The predicted octanol–water partition coefficient (Wildman–Crippen LogP) is 1.79. The maximum absolute atomic E-state index is 12.8. The summed E-state index contributed by atoms with van der Waals surface area (Å²) in [6, 6.07) is -0.183. The molecule has 4 unspecified atom stereocenters. The Balaban J connectivity index is 0.00000264. The van der Waals surface area contributed by atoms with Gasteiger partial charge < -0.3 is 16.0 Å². The number of carbonyl (C=O) groups excluding carboxylic acids is 2. The van der Waals surface area contributed by atoms with E-state index in [0.717, 1.165) is 25.9 Å². The molecular weight excluding hydrogens is 314 g/mol. The van der Waals surface area contributed by atoms with E-state index >= 15 is 0 Å². The summed E-state index contributed by atoms with van der Waals surface area (Å²) in [5, 5.41) is 2.94. The van der Waals surface area contributed by atoms with Crippen LogP contribution in [-0.4, -0.2) is 41.9 Å². The van der Waals surface area contributed by atoms with Gasteiger partial charge in [0, 0.05) is 25.6 Å². The molecule has 2 aliphatic rings. The fourth-order valence-electron chi connectivity index (χ4n) is 3.80. The summed E-state index contributed by atoms with van der Waals surface area (Å²) in [6.45, 7) is 9.56. The normalized spacial score (nSPS) is 27.8. The number of nitrogens with two attached hydrogens (primary N) is 1. The van der Waals surface area contributed by atoms with E-state index in [4.69, 9.17) is 5.73 Å². The van der Waals surface area contributed by atoms with Gasteiger partial charge in [0.25, 0.3) is 0 Å². The largest absolute Gasteiger partial charge is 0.344 e. The van der Waals surface area contributed by atoms with E-state index in [1.54, 1.807) is 0 Å². The van der Waals surface area contributed by atoms with Gasteiger partial charge >= 0.3 is 0 Å². The first kappa shape index (κ1) is 20.2. The van der Waals surface area contributed by atoms with Crippen molar-refractivity contribution in [3.05, 3.63) is 0 Å². The van der Waals surface area contributed by atoms with Crippen LogP contribution in [0.15, 0.2) is 0 Å². The standard InChI is InChI=1S/C17H31N3O2.ClH/c1-10(2)7-15(21)19-16(11(3)4)17(22)20-8-12-5-6-14(18)13(12)9-20;/h10-14,16H,5-9,18H2,1-4H3,(H,19,21);1H. The number of hydrogen-bond donors (Lipinski definition) is 2. The molecule has 4 atom stereocenters. The third kappa shape index (κ3) is 4.83. The lowest BCUT2D eigenvalue weighted by Gasteiger charge is -2.28. The summed E-state index contributed by atoms with van der Waals surface area (Å²) in [7, 11) is 0. The molecule has 5 nitrogen and oxygen atoms in total. The van der Waals surface area contributed by atoms with Crippen LogP contribution >= 0.6 is 12.4 Å². The van der Waals surface area contributed by atoms with Gasteiger partial charge in [0.15, 0.2) is 0 Å². The lowest BCUT2D eigenvalue weighted by molar-refractivity contribution is -0.137. The van der Waals surface area contributed by atoms with Crippen molar-refractivity contribution in [3.63, 3.8) is 0 Å². The summed E-state index contributed by atoms with van der Waals surface area (Å²) in [5.74, 6) is 1.43. The minimum atomic E-state index is -0.415. The van der Waals surface area contributed by atoms with E-state index in [2.05, 4.69) is 5.32 Å². The highest BCUT2D eigenvalue weighted by atomic mass is 35.5. The molecule has 2 fully saturated rings. The fourth-order valence-corrected chi connectivity index (χ4v) is 3.80. The van der Waals surface area contributed by atoms with Crippen LogP contribution in [0.2, 0.25) is 0 Å². The van der Waals surface area contributed by atoms with Crippen molar-refractivity contribution in [2.75, 3.05) is 13.1 Å². The van der Waals surface area contributed by atoms with Gasteiger partial charge in [0.1, 0.15) is 6.04 Å². The molecule has 23 heavy (non-hydrogen) atoms. The lowest BCUT2D eigenvalue weighted by atomic mass is 9.98. The van der Waals surface area contributed by atoms with Crippen LogP contribution in [0, 0.1) is 23.7 Å². The smallest absolute Gasteiger partial charge is 0.245 e. The topological polar surface area (TPSA) is 75.4 Å². The molecule has 1 aliphatic carbocycles. The highest BCUT2D eigenvalue weighted by molar-refractivity contribution is 5.88. The fraction of sp³-hybridized carbons (Fsp3) is 0.882. The molecule has 6 heteroatoms. The highest BCUT2D eigenvalue weighted by Gasteiger charge is 2.44. The van der Waals surface area contributed by atoms with Gasteiger partial charge in [-0.2, -0.15) is 0 Å². The quantitative estimate of drug-likeness (QED) is 0.797. The first-order valence-electron chi connectivity index (χ1n) is 8.63. The number of likely N-dealkylation sites (tertiary alicyclic amines) is 1. The Labute approximate surface area is 146 Å². The summed E-state index contributed by atoms with van der Waals surface area (Å²) in [6.07, 6.45) is 2.67. The maximum Gasteiger partial charge on any atom is 0.245 e. The Kier molecular flexibility index (Phi) is 7.33. The number of nitrogens with one attached hydrogen (secondary N) is 1. The van der Waals surface area contributed by atoms with Gasteiger partial charge in [-0.05, 0) is 36.5 Å². The Hall–Kier alpha value is -0.810. The monoisotopic (exact) mass is 345 g/mol. The van der Waals surface area contributed by atoms with E-state index in [0.29, 0.717) is 24.2 Å². The van der Waals surface area contributed by atoms with Gasteiger partial charge in [-0.25, -0.2) is 0 Å².